The third kappa shape index (κ3) is 4.79. The Morgan fingerprint density at radius 1 is 1.09 bits per heavy atom. The number of ether oxygens (including phenoxy) is 1. The molecule has 2 rings (SSSR count). The van der Waals surface area contributed by atoms with E-state index in [0.717, 1.165) is 5.56 Å². The molecule has 0 spiro atoms. The highest BCUT2D eigenvalue weighted by Crippen LogP contribution is 2.11. The number of carbonyl (C=O) groups excluding carboxylic acids is 2. The van der Waals surface area contributed by atoms with Gasteiger partial charge in [-0.15, -0.1) is 0 Å². The minimum absolute atomic E-state index is 0.168. The summed E-state index contributed by atoms with van der Waals surface area (Å²) in [7, 11) is 0. The van der Waals surface area contributed by atoms with Gasteiger partial charge in [-0.1, -0.05) is 42.5 Å². The summed E-state index contributed by atoms with van der Waals surface area (Å²) in [6.07, 6.45) is 3.64. The number of hydrogen-bond donors (Lipinski definition) is 2. The first-order valence-electron chi connectivity index (χ1n) is 6.70. The number of rotatable bonds is 5. The number of urea groups is 1. The smallest absolute Gasteiger partial charge is 0.338 e. The second-order valence-corrected chi connectivity index (χ2v) is 4.48. The Balaban J connectivity index is 1.89. The molecule has 5 heteroatoms. The van der Waals surface area contributed by atoms with E-state index in [1.165, 1.54) is 6.07 Å². The molecule has 2 aromatic rings. The molecule has 22 heavy (non-hydrogen) atoms. The number of hydrogen-bond acceptors (Lipinski definition) is 3. The van der Waals surface area contributed by atoms with Crippen LogP contribution in [0, 0.1) is 0 Å². The van der Waals surface area contributed by atoms with Gasteiger partial charge in [-0.25, -0.2) is 9.59 Å². The van der Waals surface area contributed by atoms with Crippen LogP contribution >= 0.6 is 0 Å². The third-order valence-corrected chi connectivity index (χ3v) is 2.79. The van der Waals surface area contributed by atoms with Crippen molar-refractivity contribution in [2.24, 2.45) is 5.73 Å². The van der Waals surface area contributed by atoms with Crippen molar-refractivity contribution in [1.82, 2.24) is 0 Å². The topological polar surface area (TPSA) is 81.4 Å². The van der Waals surface area contributed by atoms with Gasteiger partial charge >= 0.3 is 12.0 Å². The molecule has 0 fully saturated rings. The van der Waals surface area contributed by atoms with E-state index < -0.39 is 12.0 Å². The zero-order valence-electron chi connectivity index (χ0n) is 11.9. The van der Waals surface area contributed by atoms with Crippen LogP contribution in [-0.4, -0.2) is 18.6 Å². The lowest BCUT2D eigenvalue weighted by atomic mass is 10.2. The predicted molar refractivity (Wildman–Crippen MR) is 85.4 cm³/mol. The molecular formula is C17H16N2O3. The van der Waals surface area contributed by atoms with E-state index in [9.17, 15) is 9.59 Å². The molecule has 0 saturated carbocycles. The van der Waals surface area contributed by atoms with Crippen molar-refractivity contribution < 1.29 is 14.3 Å². The number of benzene rings is 2. The number of amides is 2. The molecule has 112 valence electrons. The lowest BCUT2D eigenvalue weighted by molar-refractivity contribution is 0.0550. The molecule has 0 bridgehead atoms. The fraction of sp³-hybridized carbons (Fsp3) is 0.0588. The Kier molecular flexibility index (Phi) is 5.31. The molecule has 2 aromatic carbocycles. The minimum Gasteiger partial charge on any atom is -0.458 e. The standard InChI is InChI=1S/C17H16N2O3/c18-17(21)19-15-10-4-9-14(12-15)16(20)22-11-5-8-13-6-2-1-3-7-13/h1-10,12H,11H2,(H3,18,19,21). The molecule has 0 unspecified atom stereocenters. The summed E-state index contributed by atoms with van der Waals surface area (Å²) >= 11 is 0. The largest absolute Gasteiger partial charge is 0.458 e. The molecule has 0 aliphatic carbocycles. The van der Waals surface area contributed by atoms with Crippen LogP contribution in [0.4, 0.5) is 10.5 Å². The first kappa shape index (κ1) is 15.3. The first-order valence-corrected chi connectivity index (χ1v) is 6.70. The predicted octanol–water partition coefficient (Wildman–Crippen LogP) is 3.05. The molecule has 0 radical (unpaired) electrons. The normalized spacial score (nSPS) is 10.4. The van der Waals surface area contributed by atoms with E-state index >= 15 is 0 Å². The van der Waals surface area contributed by atoms with E-state index in [2.05, 4.69) is 5.32 Å². The molecule has 3 N–H and O–H groups in total. The van der Waals surface area contributed by atoms with Crippen LogP contribution in [0.15, 0.2) is 60.7 Å². The number of nitrogens with one attached hydrogen (secondary N) is 1. The highest BCUT2D eigenvalue weighted by Gasteiger charge is 2.07. The van der Waals surface area contributed by atoms with Crippen molar-refractivity contribution in [3.63, 3.8) is 0 Å². The third-order valence-electron chi connectivity index (χ3n) is 2.79. The molecule has 0 atom stereocenters. The minimum atomic E-state index is -0.684. The van der Waals surface area contributed by atoms with Crippen LogP contribution < -0.4 is 11.1 Å². The van der Waals surface area contributed by atoms with Gasteiger partial charge in [0.15, 0.2) is 0 Å². The Labute approximate surface area is 128 Å². The monoisotopic (exact) mass is 296 g/mol. The summed E-state index contributed by atoms with van der Waals surface area (Å²) in [5, 5.41) is 2.41. The molecule has 0 aliphatic heterocycles. The summed E-state index contributed by atoms with van der Waals surface area (Å²) in [5.74, 6) is -0.467. The summed E-state index contributed by atoms with van der Waals surface area (Å²) < 4.78 is 5.14. The lowest BCUT2D eigenvalue weighted by Crippen LogP contribution is -2.19. The average molecular weight is 296 g/mol. The second kappa shape index (κ2) is 7.64. The second-order valence-electron chi connectivity index (χ2n) is 4.48. The van der Waals surface area contributed by atoms with Crippen LogP contribution in [-0.2, 0) is 4.74 Å². The number of nitrogens with two attached hydrogens (primary N) is 1. The summed E-state index contributed by atoms with van der Waals surface area (Å²) in [5.41, 5.74) is 6.86. The number of anilines is 1. The molecule has 0 aromatic heterocycles. The van der Waals surface area contributed by atoms with Gasteiger partial charge in [0.2, 0.25) is 0 Å². The van der Waals surface area contributed by atoms with E-state index in [0.29, 0.717) is 11.3 Å². The zero-order chi connectivity index (χ0) is 15.8. The molecule has 5 nitrogen and oxygen atoms in total. The zero-order valence-corrected chi connectivity index (χ0v) is 11.9. The van der Waals surface area contributed by atoms with Crippen LogP contribution in [0.25, 0.3) is 6.08 Å². The van der Waals surface area contributed by atoms with Gasteiger partial charge in [0.1, 0.15) is 6.61 Å². The highest BCUT2D eigenvalue weighted by atomic mass is 16.5. The van der Waals surface area contributed by atoms with E-state index in [1.807, 2.05) is 36.4 Å². The highest BCUT2D eigenvalue weighted by molar-refractivity contribution is 5.93. The number of esters is 1. The van der Waals surface area contributed by atoms with Crippen LogP contribution in [0.2, 0.25) is 0 Å². The van der Waals surface area contributed by atoms with Crippen LogP contribution in [0.5, 0.6) is 0 Å². The van der Waals surface area contributed by atoms with Gasteiger partial charge in [-0.3, -0.25) is 0 Å². The van der Waals surface area contributed by atoms with Crippen molar-refractivity contribution in [3.8, 4) is 0 Å². The van der Waals surface area contributed by atoms with Crippen molar-refractivity contribution in [2.45, 2.75) is 0 Å². The van der Waals surface area contributed by atoms with Crippen molar-refractivity contribution >= 4 is 23.8 Å². The van der Waals surface area contributed by atoms with E-state index in [-0.39, 0.29) is 6.61 Å². The van der Waals surface area contributed by atoms with Gasteiger partial charge in [0.05, 0.1) is 5.56 Å². The molecule has 0 aliphatic rings. The van der Waals surface area contributed by atoms with Gasteiger partial charge in [0.25, 0.3) is 0 Å². The average Bonchev–Trinajstić information content (AvgIpc) is 2.52. The molecular weight excluding hydrogens is 280 g/mol. The Bertz CT molecular complexity index is 681. The summed E-state index contributed by atoms with van der Waals surface area (Å²) in [6.45, 7) is 0.168. The number of carbonyl (C=O) groups is 2. The maximum absolute atomic E-state index is 11.9. The maximum atomic E-state index is 11.9. The van der Waals surface area contributed by atoms with Crippen molar-refractivity contribution in [2.75, 3.05) is 11.9 Å². The SMILES string of the molecule is NC(=O)Nc1cccc(C(=O)OCC=Cc2ccccc2)c1. The van der Waals surface area contributed by atoms with Gasteiger partial charge in [0, 0.05) is 5.69 Å². The number of primary amides is 1. The van der Waals surface area contributed by atoms with E-state index in [4.69, 9.17) is 10.5 Å². The summed E-state index contributed by atoms with van der Waals surface area (Å²) in [6, 6.07) is 15.4. The Morgan fingerprint density at radius 3 is 2.59 bits per heavy atom. The molecule has 2 amide bonds. The molecule has 0 heterocycles. The molecule has 0 saturated heterocycles. The fourth-order valence-electron chi connectivity index (χ4n) is 1.82. The lowest BCUT2D eigenvalue weighted by Gasteiger charge is -2.05. The summed E-state index contributed by atoms with van der Waals surface area (Å²) in [4.78, 5) is 22.7. The maximum Gasteiger partial charge on any atom is 0.338 e. The fourth-order valence-corrected chi connectivity index (χ4v) is 1.82. The van der Waals surface area contributed by atoms with Crippen LogP contribution in [0.3, 0.4) is 0 Å². The Morgan fingerprint density at radius 2 is 1.86 bits per heavy atom. The van der Waals surface area contributed by atoms with Crippen LogP contribution in [0.1, 0.15) is 15.9 Å². The van der Waals surface area contributed by atoms with Gasteiger partial charge in [-0.05, 0) is 29.8 Å². The quantitative estimate of drug-likeness (QED) is 0.832. The first-order chi connectivity index (χ1) is 10.6. The van der Waals surface area contributed by atoms with Gasteiger partial charge in [-0.2, -0.15) is 0 Å². The van der Waals surface area contributed by atoms with Crippen molar-refractivity contribution in [1.29, 1.82) is 0 Å². The van der Waals surface area contributed by atoms with Gasteiger partial charge < -0.3 is 15.8 Å². The van der Waals surface area contributed by atoms with Crippen molar-refractivity contribution in [3.05, 3.63) is 71.8 Å². The van der Waals surface area contributed by atoms with E-state index in [1.54, 1.807) is 24.3 Å². The Hall–Kier alpha value is -3.08.